The zero-order chi connectivity index (χ0) is 13.8. The third kappa shape index (κ3) is 3.60. The van der Waals surface area contributed by atoms with Crippen molar-refractivity contribution in [2.45, 2.75) is 26.3 Å². The number of nitrogens with one attached hydrogen (secondary N) is 1. The fourth-order valence-corrected chi connectivity index (χ4v) is 2.24. The van der Waals surface area contributed by atoms with E-state index >= 15 is 0 Å². The first-order valence-electron chi connectivity index (χ1n) is 6.50. The van der Waals surface area contributed by atoms with Crippen LogP contribution in [-0.4, -0.2) is 45.5 Å². The largest absolute Gasteiger partial charge is 0.354 e. The molecule has 7 heteroatoms. The van der Waals surface area contributed by atoms with Gasteiger partial charge in [0.15, 0.2) is 0 Å². The van der Waals surface area contributed by atoms with E-state index in [2.05, 4.69) is 34.0 Å². The van der Waals surface area contributed by atoms with Crippen LogP contribution in [0, 0.1) is 16.0 Å². The lowest BCUT2D eigenvalue weighted by atomic mass is 10.1. The number of nitro groups is 1. The van der Waals surface area contributed by atoms with Crippen molar-refractivity contribution in [1.29, 1.82) is 0 Å². The molecule has 1 saturated heterocycles. The molecule has 0 bridgehead atoms. The minimum Gasteiger partial charge on any atom is -0.354 e. The topological polar surface area (TPSA) is 84.2 Å². The molecule has 1 aromatic rings. The van der Waals surface area contributed by atoms with E-state index in [1.165, 1.54) is 12.4 Å². The summed E-state index contributed by atoms with van der Waals surface area (Å²) >= 11 is 0. The molecule has 0 aromatic carbocycles. The first-order chi connectivity index (χ1) is 9.06. The Hall–Kier alpha value is -1.76. The van der Waals surface area contributed by atoms with E-state index in [1.807, 2.05) is 0 Å². The van der Waals surface area contributed by atoms with Crippen molar-refractivity contribution in [3.63, 3.8) is 0 Å². The quantitative estimate of drug-likeness (QED) is 0.642. The molecule has 1 aliphatic heterocycles. The molecule has 1 unspecified atom stereocenters. The van der Waals surface area contributed by atoms with Gasteiger partial charge in [-0.1, -0.05) is 0 Å². The average Bonchev–Trinajstić information content (AvgIpc) is 2.86. The average molecular weight is 265 g/mol. The molecule has 1 N–H and O–H groups in total. The first kappa shape index (κ1) is 13.7. The standard InChI is InChI=1S/C12H19N5O2/c1-9(2)16-4-3-10(8-16)5-13-12-14-6-11(7-15-12)17(18)19/h6-7,9-10H,3-5,8H2,1-2H3,(H,13,14,15). The van der Waals surface area contributed by atoms with Crippen LogP contribution in [0.15, 0.2) is 12.4 Å². The lowest BCUT2D eigenvalue weighted by molar-refractivity contribution is -0.385. The number of likely N-dealkylation sites (tertiary alicyclic amines) is 1. The summed E-state index contributed by atoms with van der Waals surface area (Å²) in [5, 5.41) is 13.6. The molecule has 7 nitrogen and oxygen atoms in total. The molecule has 0 spiro atoms. The Kier molecular flexibility index (Phi) is 4.26. The van der Waals surface area contributed by atoms with Crippen molar-refractivity contribution < 1.29 is 4.92 Å². The fraction of sp³-hybridized carbons (Fsp3) is 0.667. The molecule has 0 amide bonds. The van der Waals surface area contributed by atoms with Gasteiger partial charge in [-0.3, -0.25) is 10.1 Å². The molecule has 19 heavy (non-hydrogen) atoms. The summed E-state index contributed by atoms with van der Waals surface area (Å²) in [5.41, 5.74) is -0.0857. The van der Waals surface area contributed by atoms with Crippen LogP contribution in [0.4, 0.5) is 11.6 Å². The minimum absolute atomic E-state index is 0.0857. The van der Waals surface area contributed by atoms with Gasteiger partial charge in [-0.2, -0.15) is 0 Å². The Morgan fingerprint density at radius 1 is 1.53 bits per heavy atom. The predicted molar refractivity (Wildman–Crippen MR) is 72.0 cm³/mol. The Morgan fingerprint density at radius 2 is 2.21 bits per heavy atom. The van der Waals surface area contributed by atoms with Crippen molar-refractivity contribution >= 4 is 11.6 Å². The third-order valence-electron chi connectivity index (χ3n) is 3.45. The van der Waals surface area contributed by atoms with Crippen molar-refractivity contribution in [3.8, 4) is 0 Å². The van der Waals surface area contributed by atoms with E-state index in [4.69, 9.17) is 0 Å². The molecule has 2 rings (SSSR count). The van der Waals surface area contributed by atoms with Gasteiger partial charge in [0.1, 0.15) is 12.4 Å². The van der Waals surface area contributed by atoms with Gasteiger partial charge in [0.05, 0.1) is 4.92 Å². The van der Waals surface area contributed by atoms with Crippen LogP contribution in [0.1, 0.15) is 20.3 Å². The lowest BCUT2D eigenvalue weighted by Gasteiger charge is -2.20. The number of anilines is 1. The normalized spacial score (nSPS) is 19.8. The van der Waals surface area contributed by atoms with Crippen molar-refractivity contribution in [2.75, 3.05) is 25.0 Å². The molecular weight excluding hydrogens is 246 g/mol. The zero-order valence-electron chi connectivity index (χ0n) is 11.2. The van der Waals surface area contributed by atoms with Crippen molar-refractivity contribution in [3.05, 3.63) is 22.5 Å². The molecule has 1 aliphatic rings. The highest BCUT2D eigenvalue weighted by Gasteiger charge is 2.23. The Morgan fingerprint density at radius 3 is 2.74 bits per heavy atom. The number of aromatic nitrogens is 2. The van der Waals surface area contributed by atoms with Crippen LogP contribution in [-0.2, 0) is 0 Å². The summed E-state index contributed by atoms with van der Waals surface area (Å²) in [7, 11) is 0. The summed E-state index contributed by atoms with van der Waals surface area (Å²) in [5.74, 6) is 1.04. The Bertz CT molecular complexity index is 434. The van der Waals surface area contributed by atoms with Crippen LogP contribution in [0.3, 0.4) is 0 Å². The smallest absolute Gasteiger partial charge is 0.305 e. The van der Waals surface area contributed by atoms with Crippen LogP contribution < -0.4 is 5.32 Å². The van der Waals surface area contributed by atoms with Gasteiger partial charge in [0, 0.05) is 19.1 Å². The van der Waals surface area contributed by atoms with E-state index in [0.29, 0.717) is 17.9 Å². The highest BCUT2D eigenvalue weighted by Crippen LogP contribution is 2.18. The summed E-state index contributed by atoms with van der Waals surface area (Å²) in [4.78, 5) is 20.3. The second-order valence-electron chi connectivity index (χ2n) is 5.15. The minimum atomic E-state index is -0.499. The van der Waals surface area contributed by atoms with Crippen molar-refractivity contribution in [2.24, 2.45) is 5.92 Å². The Labute approximate surface area is 112 Å². The lowest BCUT2D eigenvalue weighted by Crippen LogP contribution is -2.29. The molecule has 0 saturated carbocycles. The van der Waals surface area contributed by atoms with E-state index in [9.17, 15) is 10.1 Å². The molecule has 1 aromatic heterocycles. The molecule has 1 atom stereocenters. The molecule has 0 radical (unpaired) electrons. The maximum Gasteiger partial charge on any atom is 0.305 e. The van der Waals surface area contributed by atoms with Crippen LogP contribution >= 0.6 is 0 Å². The number of rotatable bonds is 5. The molecule has 104 valence electrons. The van der Waals surface area contributed by atoms with Gasteiger partial charge >= 0.3 is 5.69 Å². The zero-order valence-corrected chi connectivity index (χ0v) is 11.2. The number of hydrogen-bond donors (Lipinski definition) is 1. The van der Waals surface area contributed by atoms with Gasteiger partial charge in [-0.15, -0.1) is 0 Å². The SMILES string of the molecule is CC(C)N1CCC(CNc2ncc([N+](=O)[O-])cn2)C1. The highest BCUT2D eigenvalue weighted by atomic mass is 16.6. The van der Waals surface area contributed by atoms with Crippen molar-refractivity contribution in [1.82, 2.24) is 14.9 Å². The van der Waals surface area contributed by atoms with E-state index < -0.39 is 4.92 Å². The molecule has 0 aliphatic carbocycles. The second kappa shape index (κ2) is 5.92. The van der Waals surface area contributed by atoms with E-state index in [1.54, 1.807) is 0 Å². The summed E-state index contributed by atoms with van der Waals surface area (Å²) in [6.45, 7) is 7.42. The second-order valence-corrected chi connectivity index (χ2v) is 5.15. The first-order valence-corrected chi connectivity index (χ1v) is 6.50. The molecule has 2 heterocycles. The molecular formula is C12H19N5O2. The monoisotopic (exact) mass is 265 g/mol. The maximum absolute atomic E-state index is 10.5. The predicted octanol–water partition coefficient (Wildman–Crippen LogP) is 1.53. The fourth-order valence-electron chi connectivity index (χ4n) is 2.24. The van der Waals surface area contributed by atoms with Crippen LogP contribution in [0.2, 0.25) is 0 Å². The summed E-state index contributed by atoms with van der Waals surface area (Å²) < 4.78 is 0. The number of nitrogens with zero attached hydrogens (tertiary/aromatic N) is 4. The Balaban J connectivity index is 1.81. The summed E-state index contributed by atoms with van der Waals surface area (Å²) in [6.07, 6.45) is 3.62. The van der Waals surface area contributed by atoms with Gasteiger partial charge in [0.25, 0.3) is 0 Å². The molecule has 1 fully saturated rings. The van der Waals surface area contributed by atoms with Gasteiger partial charge < -0.3 is 10.2 Å². The van der Waals surface area contributed by atoms with Gasteiger partial charge in [-0.25, -0.2) is 9.97 Å². The van der Waals surface area contributed by atoms with Gasteiger partial charge in [0.2, 0.25) is 5.95 Å². The van der Waals surface area contributed by atoms with Gasteiger partial charge in [-0.05, 0) is 32.7 Å². The van der Waals surface area contributed by atoms with E-state index in [0.717, 1.165) is 26.1 Å². The maximum atomic E-state index is 10.5. The third-order valence-corrected chi connectivity index (χ3v) is 3.45. The van der Waals surface area contributed by atoms with E-state index in [-0.39, 0.29) is 5.69 Å². The van der Waals surface area contributed by atoms with Crippen LogP contribution in [0.5, 0.6) is 0 Å². The number of hydrogen-bond acceptors (Lipinski definition) is 6. The summed E-state index contributed by atoms with van der Waals surface area (Å²) in [6, 6.07) is 0.584. The van der Waals surface area contributed by atoms with Crippen LogP contribution in [0.25, 0.3) is 0 Å². The highest BCUT2D eigenvalue weighted by molar-refractivity contribution is 5.30.